The number of benzene rings is 2. The molecule has 0 saturated heterocycles. The number of fused-ring (bicyclic) bond motifs is 1. The summed E-state index contributed by atoms with van der Waals surface area (Å²) in [6, 6.07) is 15.3. The van der Waals surface area contributed by atoms with Gasteiger partial charge in [-0.25, -0.2) is 4.98 Å². The third kappa shape index (κ3) is 3.93. The minimum atomic E-state index is -0.591. The van der Waals surface area contributed by atoms with E-state index in [-0.39, 0.29) is 28.4 Å². The highest BCUT2D eigenvalue weighted by Crippen LogP contribution is 2.37. The van der Waals surface area contributed by atoms with E-state index in [0.717, 1.165) is 5.39 Å². The van der Waals surface area contributed by atoms with Gasteiger partial charge < -0.3 is 29.0 Å². The molecule has 0 unspecified atom stereocenters. The Bertz CT molecular complexity index is 1700. The van der Waals surface area contributed by atoms with Crippen molar-refractivity contribution in [2.24, 2.45) is 0 Å². The van der Waals surface area contributed by atoms with Gasteiger partial charge in [-0.3, -0.25) is 9.59 Å². The van der Waals surface area contributed by atoms with Crippen molar-refractivity contribution in [1.82, 2.24) is 15.0 Å². The number of hydrogen-bond acceptors (Lipinski definition) is 7. The highest BCUT2D eigenvalue weighted by atomic mass is 16.5. The number of hydrogen-bond donors (Lipinski definition) is 3. The molecule has 5 rings (SSSR count). The second-order valence-corrected chi connectivity index (χ2v) is 7.91. The summed E-state index contributed by atoms with van der Waals surface area (Å²) in [4.78, 5) is 35.9. The van der Waals surface area contributed by atoms with Crippen LogP contribution in [0.3, 0.4) is 0 Å². The van der Waals surface area contributed by atoms with Crippen molar-refractivity contribution in [3.05, 3.63) is 80.9 Å². The van der Waals surface area contributed by atoms with E-state index in [0.29, 0.717) is 34.0 Å². The Morgan fingerprint density at radius 3 is 2.49 bits per heavy atom. The summed E-state index contributed by atoms with van der Waals surface area (Å²) in [7, 11) is 3.11. The molecule has 176 valence electrons. The molecule has 0 saturated carbocycles. The van der Waals surface area contributed by atoms with Crippen LogP contribution in [0, 0.1) is 6.92 Å². The van der Waals surface area contributed by atoms with Gasteiger partial charge in [-0.1, -0.05) is 12.1 Å². The molecule has 9 heteroatoms. The number of nitrogens with zero attached hydrogens (tertiary/aromatic N) is 1. The molecule has 3 heterocycles. The van der Waals surface area contributed by atoms with E-state index >= 15 is 0 Å². The standard InChI is InChI=1S/C26H21N3O6/c1-13-9-20(30)23(31)24(35-13)22-21(14-5-4-6-16(10-14)33-2)28-25(29-22)18-12-15-11-17(34-3)7-8-19(15)27-26(18)32/h4-12,31H,1-3H3,(H,27,32)(H,28,29). The summed E-state index contributed by atoms with van der Waals surface area (Å²) in [6.07, 6.45) is 0. The number of aryl methyl sites for hydroxylation is 1. The lowest BCUT2D eigenvalue weighted by atomic mass is 10.1. The zero-order chi connectivity index (χ0) is 24.7. The summed E-state index contributed by atoms with van der Waals surface area (Å²) >= 11 is 0. The molecule has 0 radical (unpaired) electrons. The average molecular weight is 471 g/mol. The van der Waals surface area contributed by atoms with Crippen molar-refractivity contribution in [2.75, 3.05) is 14.2 Å². The molecule has 0 aliphatic carbocycles. The highest BCUT2D eigenvalue weighted by molar-refractivity contribution is 5.86. The molecule has 0 aliphatic heterocycles. The number of imidazole rings is 1. The Balaban J connectivity index is 1.79. The van der Waals surface area contributed by atoms with Crippen LogP contribution in [0.15, 0.2) is 68.6 Å². The Hall–Kier alpha value is -4.79. The summed E-state index contributed by atoms with van der Waals surface area (Å²) < 4.78 is 16.4. The summed E-state index contributed by atoms with van der Waals surface area (Å²) in [5.41, 5.74) is 1.19. The Morgan fingerprint density at radius 2 is 1.71 bits per heavy atom. The van der Waals surface area contributed by atoms with Crippen LogP contribution in [0.25, 0.3) is 45.0 Å². The minimum absolute atomic E-state index is 0.0783. The lowest BCUT2D eigenvalue weighted by Crippen LogP contribution is -2.09. The van der Waals surface area contributed by atoms with Crippen molar-refractivity contribution in [3.8, 4) is 51.3 Å². The lowest BCUT2D eigenvalue weighted by Gasteiger charge is -2.06. The molecule has 0 spiro atoms. The number of nitrogens with one attached hydrogen (secondary N) is 2. The van der Waals surface area contributed by atoms with Crippen molar-refractivity contribution in [2.45, 2.75) is 6.92 Å². The molecule has 0 aliphatic rings. The molecule has 0 fully saturated rings. The molecule has 0 bridgehead atoms. The SMILES string of the molecule is COc1cccc(-c2nc(-c3cc4cc(OC)ccc4[nH]c3=O)[nH]c2-c2oc(C)cc(=O)c2O)c1. The smallest absolute Gasteiger partial charge is 0.259 e. The molecule has 35 heavy (non-hydrogen) atoms. The number of methoxy groups -OCH3 is 2. The number of aromatic amines is 2. The normalized spacial score (nSPS) is 11.1. The van der Waals surface area contributed by atoms with Gasteiger partial charge in [-0.15, -0.1) is 0 Å². The van der Waals surface area contributed by atoms with Crippen LogP contribution in [0.1, 0.15) is 5.76 Å². The van der Waals surface area contributed by atoms with Crippen LogP contribution in [0.4, 0.5) is 0 Å². The molecule has 9 nitrogen and oxygen atoms in total. The largest absolute Gasteiger partial charge is 0.501 e. The second-order valence-electron chi connectivity index (χ2n) is 7.91. The number of aromatic nitrogens is 3. The van der Waals surface area contributed by atoms with Crippen molar-refractivity contribution in [3.63, 3.8) is 0 Å². The third-order valence-corrected chi connectivity index (χ3v) is 5.63. The van der Waals surface area contributed by atoms with Crippen LogP contribution < -0.4 is 20.5 Å². The van der Waals surface area contributed by atoms with Crippen LogP contribution >= 0.6 is 0 Å². The van der Waals surface area contributed by atoms with Gasteiger partial charge in [0.15, 0.2) is 5.76 Å². The third-order valence-electron chi connectivity index (χ3n) is 5.63. The quantitative estimate of drug-likeness (QED) is 0.349. The first kappa shape index (κ1) is 22.0. The number of pyridine rings is 1. The fourth-order valence-corrected chi connectivity index (χ4v) is 3.91. The van der Waals surface area contributed by atoms with Crippen LogP contribution in [0.5, 0.6) is 17.2 Å². The van der Waals surface area contributed by atoms with Crippen molar-refractivity contribution in [1.29, 1.82) is 0 Å². The predicted octanol–water partition coefficient (Wildman–Crippen LogP) is 4.24. The van der Waals surface area contributed by atoms with Gasteiger partial charge in [-0.05, 0) is 43.3 Å². The number of rotatable bonds is 5. The average Bonchev–Trinajstić information content (AvgIpc) is 3.30. The summed E-state index contributed by atoms with van der Waals surface area (Å²) in [6.45, 7) is 1.61. The zero-order valence-electron chi connectivity index (χ0n) is 19.1. The maximum absolute atomic E-state index is 13.0. The number of aromatic hydroxyl groups is 1. The van der Waals surface area contributed by atoms with Crippen molar-refractivity contribution < 1.29 is 19.0 Å². The summed E-state index contributed by atoms with van der Waals surface area (Å²) in [5.74, 6) is 1.12. The first-order chi connectivity index (χ1) is 16.9. The van der Waals surface area contributed by atoms with Gasteiger partial charge in [-0.2, -0.15) is 0 Å². The van der Waals surface area contributed by atoms with E-state index in [9.17, 15) is 14.7 Å². The van der Waals surface area contributed by atoms with Crippen LogP contribution in [-0.4, -0.2) is 34.3 Å². The fourth-order valence-electron chi connectivity index (χ4n) is 3.91. The minimum Gasteiger partial charge on any atom is -0.501 e. The van der Waals surface area contributed by atoms with E-state index in [1.165, 1.54) is 6.07 Å². The number of H-pyrrole nitrogens is 2. The second kappa shape index (κ2) is 8.53. The molecule has 0 amide bonds. The molecule has 5 aromatic rings. The number of ether oxygens (including phenoxy) is 2. The van der Waals surface area contributed by atoms with E-state index in [1.54, 1.807) is 69.7 Å². The van der Waals surface area contributed by atoms with E-state index in [4.69, 9.17) is 13.9 Å². The molecular weight excluding hydrogens is 450 g/mol. The van der Waals surface area contributed by atoms with Crippen LogP contribution in [0.2, 0.25) is 0 Å². The van der Waals surface area contributed by atoms with E-state index in [2.05, 4.69) is 15.0 Å². The monoisotopic (exact) mass is 471 g/mol. The van der Waals surface area contributed by atoms with E-state index < -0.39 is 11.2 Å². The zero-order valence-corrected chi connectivity index (χ0v) is 19.1. The highest BCUT2D eigenvalue weighted by Gasteiger charge is 2.23. The maximum atomic E-state index is 13.0. The maximum Gasteiger partial charge on any atom is 0.259 e. The molecule has 3 aromatic heterocycles. The lowest BCUT2D eigenvalue weighted by molar-refractivity contribution is 0.415. The summed E-state index contributed by atoms with van der Waals surface area (Å²) in [5, 5.41) is 11.3. The fraction of sp³-hybridized carbons (Fsp3) is 0.115. The van der Waals surface area contributed by atoms with Gasteiger partial charge >= 0.3 is 0 Å². The molecule has 3 N–H and O–H groups in total. The van der Waals surface area contributed by atoms with E-state index in [1.807, 2.05) is 0 Å². The van der Waals surface area contributed by atoms with Gasteiger partial charge in [0.25, 0.3) is 5.56 Å². The Labute approximate surface area is 198 Å². The topological polar surface area (TPSA) is 130 Å². The molecular formula is C26H21N3O6. The van der Waals surface area contributed by atoms with Gasteiger partial charge in [0, 0.05) is 22.5 Å². The van der Waals surface area contributed by atoms with Crippen LogP contribution in [-0.2, 0) is 0 Å². The predicted molar refractivity (Wildman–Crippen MR) is 131 cm³/mol. The molecule has 2 aromatic carbocycles. The Kier molecular flexibility index (Phi) is 5.37. The first-order valence-electron chi connectivity index (χ1n) is 10.7. The van der Waals surface area contributed by atoms with Crippen molar-refractivity contribution >= 4 is 10.9 Å². The first-order valence-corrected chi connectivity index (χ1v) is 10.7. The van der Waals surface area contributed by atoms with Gasteiger partial charge in [0.05, 0.1) is 19.8 Å². The molecule has 0 atom stereocenters. The Morgan fingerprint density at radius 1 is 0.943 bits per heavy atom. The van der Waals surface area contributed by atoms with Gasteiger partial charge in [0.1, 0.15) is 34.5 Å². The van der Waals surface area contributed by atoms with Gasteiger partial charge in [0.2, 0.25) is 11.2 Å².